The number of H-pyrrole nitrogens is 1. The van der Waals surface area contributed by atoms with Gasteiger partial charge in [0.15, 0.2) is 0 Å². The Morgan fingerprint density at radius 3 is 2.78 bits per heavy atom. The molecule has 1 aliphatic carbocycles. The molecule has 1 aliphatic rings. The average Bonchev–Trinajstić information content (AvgIpc) is 2.36. The van der Waals surface area contributed by atoms with Crippen LogP contribution >= 0.6 is 11.8 Å². The van der Waals surface area contributed by atoms with Crippen molar-refractivity contribution in [2.45, 2.75) is 43.8 Å². The number of hydrogen-bond donors (Lipinski definition) is 2. The van der Waals surface area contributed by atoms with Crippen LogP contribution in [0.4, 0.5) is 5.82 Å². The number of aromatic amines is 1. The fourth-order valence-electron chi connectivity index (χ4n) is 2.57. The third-order valence-electron chi connectivity index (χ3n) is 3.65. The van der Waals surface area contributed by atoms with Gasteiger partial charge in [-0.15, -0.1) is 0 Å². The summed E-state index contributed by atoms with van der Waals surface area (Å²) in [5.74, 6) is 1.35. The second-order valence-corrected chi connectivity index (χ2v) is 6.29. The number of nitrogens with zero attached hydrogens (tertiary/aromatic N) is 1. The van der Waals surface area contributed by atoms with Gasteiger partial charge in [-0.3, -0.25) is 4.79 Å². The van der Waals surface area contributed by atoms with Crippen LogP contribution in [0.15, 0.2) is 10.9 Å². The molecule has 1 aromatic rings. The zero-order valence-corrected chi connectivity index (χ0v) is 11.9. The van der Waals surface area contributed by atoms with Gasteiger partial charge in [0.2, 0.25) is 0 Å². The van der Waals surface area contributed by atoms with E-state index in [0.29, 0.717) is 16.4 Å². The summed E-state index contributed by atoms with van der Waals surface area (Å²) in [7, 11) is 0. The molecular formula is C13H21N3OS. The predicted molar refractivity (Wildman–Crippen MR) is 77.4 cm³/mol. The minimum atomic E-state index is -0.0909. The summed E-state index contributed by atoms with van der Waals surface area (Å²) >= 11 is 1.94. The summed E-state index contributed by atoms with van der Waals surface area (Å²) in [5, 5.41) is 3.34. The summed E-state index contributed by atoms with van der Waals surface area (Å²) in [6.45, 7) is 2.70. The zero-order valence-electron chi connectivity index (χ0n) is 11.1. The minimum absolute atomic E-state index is 0.0909. The Kier molecular flexibility index (Phi) is 4.32. The monoisotopic (exact) mass is 267 g/mol. The SMILES string of the molecule is CSC1(CNc2cc(=O)[nH]c(C)n2)CCCCC1. The molecule has 2 rings (SSSR count). The van der Waals surface area contributed by atoms with Gasteiger partial charge in [-0.25, -0.2) is 4.98 Å². The van der Waals surface area contributed by atoms with E-state index in [4.69, 9.17) is 0 Å². The Morgan fingerprint density at radius 1 is 1.44 bits per heavy atom. The van der Waals surface area contributed by atoms with E-state index in [9.17, 15) is 4.79 Å². The lowest BCUT2D eigenvalue weighted by Gasteiger charge is -2.36. The quantitative estimate of drug-likeness (QED) is 0.880. The Labute approximate surface area is 112 Å². The first-order valence-corrected chi connectivity index (χ1v) is 7.73. The van der Waals surface area contributed by atoms with Gasteiger partial charge in [0, 0.05) is 17.4 Å². The Bertz CT molecular complexity index is 452. The molecule has 0 radical (unpaired) electrons. The summed E-state index contributed by atoms with van der Waals surface area (Å²) in [5.41, 5.74) is -0.0909. The van der Waals surface area contributed by atoms with Crippen LogP contribution in [-0.4, -0.2) is 27.5 Å². The van der Waals surface area contributed by atoms with Crippen molar-refractivity contribution >= 4 is 17.6 Å². The molecule has 0 spiro atoms. The number of aryl methyl sites for hydroxylation is 1. The fourth-order valence-corrected chi connectivity index (χ4v) is 3.48. The van der Waals surface area contributed by atoms with Crippen molar-refractivity contribution in [2.75, 3.05) is 18.1 Å². The highest BCUT2D eigenvalue weighted by atomic mass is 32.2. The molecule has 0 aliphatic heterocycles. The number of anilines is 1. The molecule has 18 heavy (non-hydrogen) atoms. The molecule has 0 amide bonds. The van der Waals surface area contributed by atoms with Crippen LogP contribution in [-0.2, 0) is 0 Å². The van der Waals surface area contributed by atoms with Gasteiger partial charge < -0.3 is 10.3 Å². The van der Waals surface area contributed by atoms with Gasteiger partial charge in [0.1, 0.15) is 11.6 Å². The molecule has 4 nitrogen and oxygen atoms in total. The van der Waals surface area contributed by atoms with Crippen molar-refractivity contribution in [3.8, 4) is 0 Å². The van der Waals surface area contributed by atoms with Gasteiger partial charge in [-0.1, -0.05) is 19.3 Å². The summed E-state index contributed by atoms with van der Waals surface area (Å²) < 4.78 is 0.316. The number of rotatable bonds is 4. The Morgan fingerprint density at radius 2 is 2.17 bits per heavy atom. The van der Waals surface area contributed by atoms with E-state index in [0.717, 1.165) is 6.54 Å². The number of hydrogen-bond acceptors (Lipinski definition) is 4. The molecule has 1 fully saturated rings. The first-order chi connectivity index (χ1) is 8.63. The number of nitrogens with one attached hydrogen (secondary N) is 2. The smallest absolute Gasteiger partial charge is 0.252 e. The maximum absolute atomic E-state index is 11.4. The molecular weight excluding hydrogens is 246 g/mol. The maximum Gasteiger partial charge on any atom is 0.252 e. The van der Waals surface area contributed by atoms with Crippen LogP contribution in [0.5, 0.6) is 0 Å². The Hall–Kier alpha value is -0.970. The van der Waals surface area contributed by atoms with Crippen LogP contribution in [0.2, 0.25) is 0 Å². The minimum Gasteiger partial charge on any atom is -0.368 e. The zero-order chi connectivity index (χ0) is 13.0. The molecule has 0 atom stereocenters. The van der Waals surface area contributed by atoms with Crippen LogP contribution in [0.1, 0.15) is 37.9 Å². The molecule has 2 N–H and O–H groups in total. The van der Waals surface area contributed by atoms with Crippen molar-refractivity contribution < 1.29 is 0 Å². The lowest BCUT2D eigenvalue weighted by atomic mass is 9.88. The molecule has 0 bridgehead atoms. The molecule has 5 heteroatoms. The summed E-state index contributed by atoms with van der Waals surface area (Å²) in [4.78, 5) is 18.3. The summed E-state index contributed by atoms with van der Waals surface area (Å²) in [6, 6.07) is 1.53. The third kappa shape index (κ3) is 3.28. The molecule has 1 heterocycles. The highest BCUT2D eigenvalue weighted by Gasteiger charge is 2.30. The number of aromatic nitrogens is 2. The third-order valence-corrected chi connectivity index (χ3v) is 5.07. The lowest BCUT2D eigenvalue weighted by Crippen LogP contribution is -2.36. The van der Waals surface area contributed by atoms with Gasteiger partial charge in [-0.05, 0) is 26.0 Å². The van der Waals surface area contributed by atoms with E-state index >= 15 is 0 Å². The molecule has 0 unspecified atom stereocenters. The van der Waals surface area contributed by atoms with Crippen molar-refractivity contribution in [3.63, 3.8) is 0 Å². The second kappa shape index (κ2) is 5.78. The predicted octanol–water partition coefficient (Wildman–Crippen LogP) is 2.56. The topological polar surface area (TPSA) is 57.8 Å². The highest BCUT2D eigenvalue weighted by Crippen LogP contribution is 2.38. The van der Waals surface area contributed by atoms with Crippen molar-refractivity contribution in [1.82, 2.24) is 9.97 Å². The van der Waals surface area contributed by atoms with Crippen molar-refractivity contribution in [3.05, 3.63) is 22.2 Å². The first-order valence-electron chi connectivity index (χ1n) is 6.51. The summed E-state index contributed by atoms with van der Waals surface area (Å²) in [6.07, 6.45) is 8.66. The van der Waals surface area contributed by atoms with Gasteiger partial charge >= 0.3 is 0 Å². The van der Waals surface area contributed by atoms with Crippen molar-refractivity contribution in [2.24, 2.45) is 0 Å². The molecule has 100 valence electrons. The highest BCUT2D eigenvalue weighted by molar-refractivity contribution is 8.00. The van der Waals surface area contributed by atoms with E-state index in [2.05, 4.69) is 21.5 Å². The van der Waals surface area contributed by atoms with E-state index in [1.54, 1.807) is 6.92 Å². The van der Waals surface area contributed by atoms with Crippen molar-refractivity contribution in [1.29, 1.82) is 0 Å². The molecule has 0 saturated heterocycles. The van der Waals surface area contributed by atoms with Crippen LogP contribution in [0, 0.1) is 6.92 Å². The maximum atomic E-state index is 11.4. The normalized spacial score (nSPS) is 18.6. The second-order valence-electron chi connectivity index (χ2n) is 5.02. The lowest BCUT2D eigenvalue weighted by molar-refractivity contribution is 0.411. The molecule has 1 saturated carbocycles. The molecule has 0 aromatic carbocycles. The van der Waals surface area contributed by atoms with E-state index < -0.39 is 0 Å². The first kappa shape index (κ1) is 13.5. The standard InChI is InChI=1S/C13H21N3OS/c1-10-15-11(8-12(17)16-10)14-9-13(18-2)6-4-3-5-7-13/h8H,3-7,9H2,1-2H3,(H2,14,15,16,17). The van der Waals surface area contributed by atoms with Crippen LogP contribution in [0.3, 0.4) is 0 Å². The van der Waals surface area contributed by atoms with Gasteiger partial charge in [0.25, 0.3) is 5.56 Å². The molecule has 1 aromatic heterocycles. The van der Waals surface area contributed by atoms with Crippen LogP contribution in [0.25, 0.3) is 0 Å². The van der Waals surface area contributed by atoms with E-state index in [1.807, 2.05) is 11.8 Å². The largest absolute Gasteiger partial charge is 0.368 e. The van der Waals surface area contributed by atoms with Gasteiger partial charge in [0.05, 0.1) is 0 Å². The Balaban J connectivity index is 2.03. The van der Waals surface area contributed by atoms with Gasteiger partial charge in [-0.2, -0.15) is 11.8 Å². The number of thioether (sulfide) groups is 1. The van der Waals surface area contributed by atoms with E-state index in [-0.39, 0.29) is 5.56 Å². The fraction of sp³-hybridized carbons (Fsp3) is 0.692. The van der Waals surface area contributed by atoms with Crippen LogP contribution < -0.4 is 10.9 Å². The average molecular weight is 267 g/mol. The van der Waals surface area contributed by atoms with E-state index in [1.165, 1.54) is 38.2 Å².